The summed E-state index contributed by atoms with van der Waals surface area (Å²) in [4.78, 5) is 16.6. The molecule has 0 bridgehead atoms. The molecule has 3 N–H and O–H groups in total. The normalized spacial score (nSPS) is 12.0. The third kappa shape index (κ3) is 2.99. The van der Waals surface area contributed by atoms with Gasteiger partial charge in [-0.05, 0) is 39.0 Å². The van der Waals surface area contributed by atoms with Gasteiger partial charge in [-0.1, -0.05) is 0 Å². The molecule has 1 heterocycles. The molecule has 0 fully saturated rings. The number of rotatable bonds is 4. The number of nitrogen functional groups attached to an aromatic ring is 1. The molecule has 0 aliphatic carbocycles. The number of ether oxygens (including phenoxy) is 1. The van der Waals surface area contributed by atoms with Crippen molar-refractivity contribution in [1.29, 1.82) is 0 Å². The number of anilines is 2. The number of nitrogens with zero attached hydrogens (tertiary/aromatic N) is 2. The number of nitrogens with one attached hydrogen (secondary N) is 1. The Bertz CT molecular complexity index is 664. The van der Waals surface area contributed by atoms with E-state index in [4.69, 9.17) is 10.5 Å². The summed E-state index contributed by atoms with van der Waals surface area (Å²) in [5.41, 5.74) is 8.76. The highest BCUT2D eigenvalue weighted by Crippen LogP contribution is 2.27. The lowest BCUT2D eigenvalue weighted by molar-refractivity contribution is -0.118. The van der Waals surface area contributed by atoms with Crippen LogP contribution in [0.2, 0.25) is 0 Å². The number of nitrogens with two attached hydrogens (primary N) is 1. The second-order valence-electron chi connectivity index (χ2n) is 4.95. The van der Waals surface area contributed by atoms with Crippen LogP contribution < -0.4 is 15.8 Å². The zero-order valence-corrected chi connectivity index (χ0v) is 12.7. The average Bonchev–Trinajstić information content (AvgIpc) is 2.78. The Morgan fingerprint density at radius 3 is 2.71 bits per heavy atom. The van der Waals surface area contributed by atoms with Crippen LogP contribution in [0.4, 0.5) is 11.4 Å². The van der Waals surface area contributed by atoms with Crippen LogP contribution in [0.1, 0.15) is 24.4 Å². The molecule has 6 heteroatoms. The van der Waals surface area contributed by atoms with Crippen molar-refractivity contribution in [1.82, 2.24) is 9.55 Å². The number of amides is 1. The van der Waals surface area contributed by atoms with E-state index in [2.05, 4.69) is 10.3 Å². The topological polar surface area (TPSA) is 82.2 Å². The van der Waals surface area contributed by atoms with Crippen LogP contribution in [0.3, 0.4) is 0 Å². The molecule has 0 saturated carbocycles. The number of hydrogen-bond donors (Lipinski definition) is 2. The number of carbonyl (C=O) groups is 1. The quantitative estimate of drug-likeness (QED) is 0.846. The monoisotopic (exact) mass is 288 g/mol. The number of benzene rings is 1. The zero-order valence-electron chi connectivity index (χ0n) is 12.7. The van der Waals surface area contributed by atoms with Crippen molar-refractivity contribution >= 4 is 17.3 Å². The lowest BCUT2D eigenvalue weighted by Gasteiger charge is -2.17. The second-order valence-corrected chi connectivity index (χ2v) is 4.95. The number of carbonyl (C=O) groups excluding carboxylic acids is 1. The summed E-state index contributed by atoms with van der Waals surface area (Å²) in [6.07, 6.45) is 1.67. The van der Waals surface area contributed by atoms with Gasteiger partial charge in [0.05, 0.1) is 24.8 Å². The Hall–Kier alpha value is -2.50. The zero-order chi connectivity index (χ0) is 15.6. The minimum absolute atomic E-state index is 0.153. The Labute approximate surface area is 123 Å². The van der Waals surface area contributed by atoms with Gasteiger partial charge in [0.25, 0.3) is 0 Å². The standard InChI is InChI=1S/C15H20N4O2/c1-9-10(2)19(8-17-9)11(3)15(20)18-13-7-12(16)5-6-14(13)21-4/h5-8,11H,16H2,1-4H3,(H,18,20). The molecule has 1 aromatic carbocycles. The van der Waals surface area contributed by atoms with Crippen LogP contribution in [0, 0.1) is 13.8 Å². The van der Waals surface area contributed by atoms with E-state index in [9.17, 15) is 4.79 Å². The summed E-state index contributed by atoms with van der Waals surface area (Å²) in [7, 11) is 1.55. The van der Waals surface area contributed by atoms with Crippen LogP contribution in [-0.4, -0.2) is 22.6 Å². The lowest BCUT2D eigenvalue weighted by atomic mass is 10.2. The molecule has 1 amide bonds. The number of aromatic nitrogens is 2. The van der Waals surface area contributed by atoms with E-state index in [0.717, 1.165) is 11.4 Å². The van der Waals surface area contributed by atoms with Crippen molar-refractivity contribution in [3.05, 3.63) is 35.9 Å². The van der Waals surface area contributed by atoms with Crippen LogP contribution in [0.25, 0.3) is 0 Å². The molecule has 0 spiro atoms. The van der Waals surface area contributed by atoms with Gasteiger partial charge in [-0.3, -0.25) is 4.79 Å². The largest absolute Gasteiger partial charge is 0.495 e. The van der Waals surface area contributed by atoms with Crippen LogP contribution >= 0.6 is 0 Å². The number of imidazole rings is 1. The molecule has 21 heavy (non-hydrogen) atoms. The lowest BCUT2D eigenvalue weighted by Crippen LogP contribution is -2.24. The molecule has 1 aromatic heterocycles. The maximum Gasteiger partial charge on any atom is 0.247 e. The predicted octanol–water partition coefficient (Wildman–Crippen LogP) is 2.29. The number of aryl methyl sites for hydroxylation is 1. The average molecular weight is 288 g/mol. The minimum Gasteiger partial charge on any atom is -0.495 e. The molecule has 1 atom stereocenters. The summed E-state index contributed by atoms with van der Waals surface area (Å²) in [6.45, 7) is 5.67. The van der Waals surface area contributed by atoms with Crippen molar-refractivity contribution in [3.63, 3.8) is 0 Å². The first kappa shape index (κ1) is 14.9. The van der Waals surface area contributed by atoms with Crippen molar-refractivity contribution in [2.75, 3.05) is 18.2 Å². The third-order valence-electron chi connectivity index (χ3n) is 3.56. The van der Waals surface area contributed by atoms with E-state index in [1.165, 1.54) is 0 Å². The molecule has 0 aliphatic heterocycles. The molecule has 6 nitrogen and oxygen atoms in total. The van der Waals surface area contributed by atoms with Gasteiger partial charge in [0.15, 0.2) is 0 Å². The summed E-state index contributed by atoms with van der Waals surface area (Å²) in [5.74, 6) is 0.419. The first-order valence-corrected chi connectivity index (χ1v) is 6.68. The predicted molar refractivity (Wildman–Crippen MR) is 82.4 cm³/mol. The molecule has 2 rings (SSSR count). The SMILES string of the molecule is COc1ccc(N)cc1NC(=O)C(C)n1cnc(C)c1C. The molecular formula is C15H20N4O2. The van der Waals surface area contributed by atoms with Crippen molar-refractivity contribution in [3.8, 4) is 5.75 Å². The van der Waals surface area contributed by atoms with E-state index < -0.39 is 0 Å². The van der Waals surface area contributed by atoms with Gasteiger partial charge in [0, 0.05) is 11.4 Å². The smallest absolute Gasteiger partial charge is 0.247 e. The van der Waals surface area contributed by atoms with Gasteiger partial charge in [-0.2, -0.15) is 0 Å². The van der Waals surface area contributed by atoms with Crippen LogP contribution in [0.5, 0.6) is 5.75 Å². The Morgan fingerprint density at radius 2 is 2.14 bits per heavy atom. The van der Waals surface area contributed by atoms with Gasteiger partial charge < -0.3 is 20.4 Å². The molecule has 1 unspecified atom stereocenters. The van der Waals surface area contributed by atoms with Gasteiger partial charge in [0.2, 0.25) is 5.91 Å². The summed E-state index contributed by atoms with van der Waals surface area (Å²) in [5, 5.41) is 2.84. The maximum atomic E-state index is 12.4. The first-order chi connectivity index (χ1) is 9.93. The molecule has 0 saturated heterocycles. The van der Waals surface area contributed by atoms with E-state index >= 15 is 0 Å². The van der Waals surface area contributed by atoms with E-state index in [1.807, 2.05) is 25.3 Å². The van der Waals surface area contributed by atoms with Gasteiger partial charge in [-0.25, -0.2) is 4.98 Å². The summed E-state index contributed by atoms with van der Waals surface area (Å²) in [6, 6.07) is 4.75. The summed E-state index contributed by atoms with van der Waals surface area (Å²) >= 11 is 0. The van der Waals surface area contributed by atoms with Crippen molar-refractivity contribution in [2.45, 2.75) is 26.8 Å². The fraction of sp³-hybridized carbons (Fsp3) is 0.333. The molecule has 2 aromatic rings. The summed E-state index contributed by atoms with van der Waals surface area (Å²) < 4.78 is 7.06. The van der Waals surface area contributed by atoms with Gasteiger partial charge in [0.1, 0.15) is 11.8 Å². The minimum atomic E-state index is -0.377. The number of methoxy groups -OCH3 is 1. The highest BCUT2D eigenvalue weighted by atomic mass is 16.5. The highest BCUT2D eigenvalue weighted by Gasteiger charge is 2.19. The van der Waals surface area contributed by atoms with E-state index in [0.29, 0.717) is 17.1 Å². The number of hydrogen-bond acceptors (Lipinski definition) is 4. The van der Waals surface area contributed by atoms with Crippen LogP contribution in [0.15, 0.2) is 24.5 Å². The maximum absolute atomic E-state index is 12.4. The molecule has 112 valence electrons. The van der Waals surface area contributed by atoms with Crippen molar-refractivity contribution in [2.24, 2.45) is 0 Å². The van der Waals surface area contributed by atoms with Crippen molar-refractivity contribution < 1.29 is 9.53 Å². The first-order valence-electron chi connectivity index (χ1n) is 6.68. The van der Waals surface area contributed by atoms with Gasteiger partial charge >= 0.3 is 0 Å². The van der Waals surface area contributed by atoms with E-state index in [1.54, 1.807) is 31.6 Å². The molecular weight excluding hydrogens is 268 g/mol. The molecule has 0 aliphatic rings. The van der Waals surface area contributed by atoms with Gasteiger partial charge in [-0.15, -0.1) is 0 Å². The van der Waals surface area contributed by atoms with E-state index in [-0.39, 0.29) is 11.9 Å². The third-order valence-corrected chi connectivity index (χ3v) is 3.56. The Kier molecular flexibility index (Phi) is 4.16. The molecule has 0 radical (unpaired) electrons. The second kappa shape index (κ2) is 5.87. The fourth-order valence-corrected chi connectivity index (χ4v) is 2.09. The Balaban J connectivity index is 2.22. The van der Waals surface area contributed by atoms with Crippen LogP contribution in [-0.2, 0) is 4.79 Å². The fourth-order valence-electron chi connectivity index (χ4n) is 2.09. The highest BCUT2D eigenvalue weighted by molar-refractivity contribution is 5.95. The Morgan fingerprint density at radius 1 is 1.43 bits per heavy atom.